The van der Waals surface area contributed by atoms with E-state index in [9.17, 15) is 19.7 Å². The van der Waals surface area contributed by atoms with Crippen molar-refractivity contribution < 1.29 is 19.5 Å². The van der Waals surface area contributed by atoms with Gasteiger partial charge in [0, 0.05) is 24.8 Å². The molecule has 0 rings (SSSR count). The molecular formula is C13H23N3O5S. The van der Waals surface area contributed by atoms with Gasteiger partial charge in [-0.1, -0.05) is 39.9 Å². The summed E-state index contributed by atoms with van der Waals surface area (Å²) in [6, 6.07) is -0.629. The quantitative estimate of drug-likeness (QED) is 0.264. The van der Waals surface area contributed by atoms with E-state index in [0.29, 0.717) is 0 Å². The number of hydrogen-bond acceptors (Lipinski definition) is 6. The molecule has 9 heteroatoms. The fourth-order valence-electron chi connectivity index (χ4n) is 1.40. The molecule has 1 atom stereocenters. The number of ketones is 1. The third-order valence-corrected chi connectivity index (χ3v) is 3.23. The average Bonchev–Trinajstić information content (AvgIpc) is 2.41. The second kappa shape index (κ2) is 10.0. The van der Waals surface area contributed by atoms with Gasteiger partial charge < -0.3 is 15.5 Å². The highest BCUT2D eigenvalue weighted by molar-refractivity contribution is 7.80. The average molecular weight is 333 g/mol. The van der Waals surface area contributed by atoms with Gasteiger partial charge in [-0.15, -0.1) is 10.1 Å². The fraction of sp³-hybridized carbons (Fsp3) is 0.769. The van der Waals surface area contributed by atoms with Crippen molar-refractivity contribution in [3.63, 3.8) is 0 Å². The first-order valence-electron chi connectivity index (χ1n) is 7.03. The van der Waals surface area contributed by atoms with Gasteiger partial charge in [0.2, 0.25) is 5.91 Å². The Labute approximate surface area is 135 Å². The number of thiocarbonyl (C=S) groups is 1. The predicted octanol–water partition coefficient (Wildman–Crippen LogP) is 0.868. The van der Waals surface area contributed by atoms with E-state index in [1.54, 1.807) is 27.7 Å². The maximum Gasteiger partial charge on any atom is 0.294 e. The molecule has 0 aromatic carbocycles. The standard InChI is InChI=1S/C13H23N3O5S/c1-8(2)11(17)7-10(15-12(18)9(3)4)13(22)14-5-6-21-16(19)20/h8-10H,5-7H2,1-4H3,(H,14,22)(H,15,18). The number of nitrogens with zero attached hydrogens (tertiary/aromatic N) is 1. The van der Waals surface area contributed by atoms with Gasteiger partial charge in [-0.2, -0.15) is 0 Å². The maximum atomic E-state index is 11.9. The number of hydrogen-bond donors (Lipinski definition) is 2. The van der Waals surface area contributed by atoms with Crippen LogP contribution < -0.4 is 10.6 Å². The van der Waals surface area contributed by atoms with Crippen LogP contribution in [0.3, 0.4) is 0 Å². The van der Waals surface area contributed by atoms with Gasteiger partial charge >= 0.3 is 0 Å². The van der Waals surface area contributed by atoms with Gasteiger partial charge in [0.25, 0.3) is 5.09 Å². The highest BCUT2D eigenvalue weighted by Gasteiger charge is 2.23. The molecule has 0 aliphatic carbocycles. The van der Waals surface area contributed by atoms with Gasteiger partial charge in [0.1, 0.15) is 12.4 Å². The SMILES string of the molecule is CC(C)C(=O)CC(NC(=O)C(C)C)C(=S)NCCO[N+](=O)[O-]. The number of amides is 1. The number of Topliss-reactive ketones (excluding diaryl/α,β-unsaturated/α-hetero) is 1. The second-order valence-corrected chi connectivity index (χ2v) is 5.83. The molecule has 0 bridgehead atoms. The molecule has 8 nitrogen and oxygen atoms in total. The highest BCUT2D eigenvalue weighted by atomic mass is 32.1. The van der Waals surface area contributed by atoms with E-state index in [1.165, 1.54) is 0 Å². The van der Waals surface area contributed by atoms with Crippen LogP contribution in [0.4, 0.5) is 0 Å². The van der Waals surface area contributed by atoms with Crippen LogP contribution >= 0.6 is 12.2 Å². The molecule has 1 amide bonds. The Morgan fingerprint density at radius 3 is 2.27 bits per heavy atom. The molecule has 2 N–H and O–H groups in total. The minimum atomic E-state index is -0.898. The molecule has 0 spiro atoms. The minimum absolute atomic E-state index is 0.0280. The fourth-order valence-corrected chi connectivity index (χ4v) is 1.65. The predicted molar refractivity (Wildman–Crippen MR) is 84.8 cm³/mol. The lowest BCUT2D eigenvalue weighted by atomic mass is 10.0. The first-order chi connectivity index (χ1) is 10.1. The van der Waals surface area contributed by atoms with Crippen LogP contribution in [0.1, 0.15) is 34.1 Å². The Kier molecular flexibility index (Phi) is 9.23. The van der Waals surface area contributed by atoms with E-state index < -0.39 is 11.1 Å². The number of nitrogens with one attached hydrogen (secondary N) is 2. The Morgan fingerprint density at radius 1 is 1.23 bits per heavy atom. The summed E-state index contributed by atoms with van der Waals surface area (Å²) in [6.07, 6.45) is 0.0814. The van der Waals surface area contributed by atoms with Gasteiger partial charge in [-0.3, -0.25) is 9.59 Å². The summed E-state index contributed by atoms with van der Waals surface area (Å²) in [7, 11) is 0. The third-order valence-electron chi connectivity index (χ3n) is 2.80. The topological polar surface area (TPSA) is 111 Å². The number of rotatable bonds is 10. The van der Waals surface area contributed by atoms with E-state index in [0.717, 1.165) is 0 Å². The molecule has 0 saturated carbocycles. The Bertz CT molecular complexity index is 404. The van der Waals surface area contributed by atoms with Crippen LogP contribution in [0, 0.1) is 22.0 Å². The van der Waals surface area contributed by atoms with Crippen molar-refractivity contribution in [3.8, 4) is 0 Å². The lowest BCUT2D eigenvalue weighted by Crippen LogP contribution is -2.49. The second-order valence-electron chi connectivity index (χ2n) is 5.39. The first kappa shape index (κ1) is 20.2. The van der Waals surface area contributed by atoms with Crippen LogP contribution in [-0.4, -0.2) is 41.0 Å². The molecule has 22 heavy (non-hydrogen) atoms. The number of carbonyl (C=O) groups excluding carboxylic acids is 2. The van der Waals surface area contributed by atoms with Crippen LogP contribution in [0.15, 0.2) is 0 Å². The number of carbonyl (C=O) groups is 2. The van der Waals surface area contributed by atoms with Crippen molar-refractivity contribution in [3.05, 3.63) is 10.1 Å². The zero-order valence-corrected chi connectivity index (χ0v) is 14.1. The summed E-state index contributed by atoms with van der Waals surface area (Å²) in [5.41, 5.74) is 0. The van der Waals surface area contributed by atoms with Crippen LogP contribution in [0.25, 0.3) is 0 Å². The highest BCUT2D eigenvalue weighted by Crippen LogP contribution is 2.05. The molecule has 0 heterocycles. The Morgan fingerprint density at radius 2 is 1.82 bits per heavy atom. The van der Waals surface area contributed by atoms with Gasteiger partial charge in [-0.05, 0) is 0 Å². The normalized spacial score (nSPS) is 11.9. The first-order valence-corrected chi connectivity index (χ1v) is 7.44. The molecule has 0 radical (unpaired) electrons. The van der Waals surface area contributed by atoms with Gasteiger partial charge in [-0.25, -0.2) is 0 Å². The van der Waals surface area contributed by atoms with Gasteiger partial charge in [0.15, 0.2) is 0 Å². The molecule has 0 saturated heterocycles. The summed E-state index contributed by atoms with van der Waals surface area (Å²) in [6.45, 7) is 6.95. The van der Waals surface area contributed by atoms with E-state index >= 15 is 0 Å². The molecule has 1 unspecified atom stereocenters. The van der Waals surface area contributed by atoms with Crippen LogP contribution in [0.2, 0.25) is 0 Å². The van der Waals surface area contributed by atoms with Crippen molar-refractivity contribution in [1.82, 2.24) is 10.6 Å². The lowest BCUT2D eigenvalue weighted by Gasteiger charge is -2.22. The molecule has 126 valence electrons. The van der Waals surface area contributed by atoms with E-state index in [2.05, 4.69) is 15.5 Å². The molecule has 0 aromatic heterocycles. The van der Waals surface area contributed by atoms with Crippen molar-refractivity contribution in [2.24, 2.45) is 11.8 Å². The monoisotopic (exact) mass is 333 g/mol. The van der Waals surface area contributed by atoms with E-state index in [4.69, 9.17) is 12.2 Å². The summed E-state index contributed by atoms with van der Waals surface area (Å²) >= 11 is 5.16. The van der Waals surface area contributed by atoms with Crippen molar-refractivity contribution in [2.45, 2.75) is 40.2 Å². The van der Waals surface area contributed by atoms with Crippen molar-refractivity contribution in [2.75, 3.05) is 13.2 Å². The zero-order chi connectivity index (χ0) is 17.3. The molecule has 0 aromatic rings. The molecule has 0 aliphatic rings. The largest absolute Gasteiger partial charge is 0.376 e. The Hall–Kier alpha value is -1.77. The smallest absolute Gasteiger partial charge is 0.294 e. The summed E-state index contributed by atoms with van der Waals surface area (Å²) < 4.78 is 0. The molecular weight excluding hydrogens is 310 g/mol. The summed E-state index contributed by atoms with van der Waals surface area (Å²) in [4.78, 5) is 38.1. The van der Waals surface area contributed by atoms with Crippen LogP contribution in [0.5, 0.6) is 0 Å². The zero-order valence-electron chi connectivity index (χ0n) is 13.3. The minimum Gasteiger partial charge on any atom is -0.376 e. The third kappa shape index (κ3) is 8.50. The maximum absolute atomic E-state index is 11.9. The van der Waals surface area contributed by atoms with Crippen molar-refractivity contribution >= 4 is 28.9 Å². The summed E-state index contributed by atoms with van der Waals surface area (Å²) in [5.74, 6) is -0.650. The van der Waals surface area contributed by atoms with Gasteiger partial charge in [0.05, 0.1) is 11.0 Å². The summed E-state index contributed by atoms with van der Waals surface area (Å²) in [5, 5.41) is 14.6. The molecule has 0 fully saturated rings. The molecule has 0 aliphatic heterocycles. The van der Waals surface area contributed by atoms with Crippen LogP contribution in [-0.2, 0) is 14.4 Å². The lowest BCUT2D eigenvalue weighted by molar-refractivity contribution is -0.757. The van der Waals surface area contributed by atoms with E-state index in [-0.39, 0.29) is 48.1 Å². The van der Waals surface area contributed by atoms with Crippen molar-refractivity contribution in [1.29, 1.82) is 0 Å². The van der Waals surface area contributed by atoms with E-state index in [1.807, 2.05) is 0 Å². The Balaban J connectivity index is 4.61.